The molecule has 4 heteroatoms. The van der Waals surface area contributed by atoms with Gasteiger partial charge < -0.3 is 4.74 Å². The van der Waals surface area contributed by atoms with Crippen LogP contribution in [0.1, 0.15) is 31.2 Å². The fourth-order valence-corrected chi connectivity index (χ4v) is 2.78. The average Bonchev–Trinajstić information content (AvgIpc) is 2.67. The van der Waals surface area contributed by atoms with E-state index in [4.69, 9.17) is 4.74 Å². The number of esters is 1. The van der Waals surface area contributed by atoms with Crippen LogP contribution >= 0.6 is 15.9 Å². The minimum Gasteiger partial charge on any atom is -0.423 e. The molecule has 92 valence electrons. The van der Waals surface area contributed by atoms with Crippen LogP contribution < -0.4 is 0 Å². The molecule has 0 fully saturated rings. The van der Waals surface area contributed by atoms with Crippen LogP contribution in [-0.2, 0) is 9.53 Å². The van der Waals surface area contributed by atoms with E-state index in [2.05, 4.69) is 20.9 Å². The molecule has 0 aromatic carbocycles. The quantitative estimate of drug-likeness (QED) is 0.588. The van der Waals surface area contributed by atoms with Gasteiger partial charge in [-0.05, 0) is 65.4 Å². The first-order valence-electron chi connectivity index (χ1n) is 6.02. The van der Waals surface area contributed by atoms with Gasteiger partial charge in [-0.15, -0.1) is 0 Å². The molecule has 1 aromatic heterocycles. The second-order valence-electron chi connectivity index (χ2n) is 4.47. The molecule has 3 rings (SSSR count). The Labute approximate surface area is 114 Å². The number of hydrogen-bond donors (Lipinski definition) is 0. The van der Waals surface area contributed by atoms with Crippen LogP contribution in [0.15, 0.2) is 39.8 Å². The molecule has 0 bridgehead atoms. The Balaban J connectivity index is 1.98. The normalized spacial score (nSPS) is 21.2. The largest absolute Gasteiger partial charge is 0.423 e. The molecule has 1 aromatic rings. The fraction of sp³-hybridized carbons (Fsp3) is 0.286. The third kappa shape index (κ3) is 2.12. The summed E-state index contributed by atoms with van der Waals surface area (Å²) in [5, 5.41) is 0. The number of pyridine rings is 1. The zero-order chi connectivity index (χ0) is 12.5. The molecule has 0 saturated heterocycles. The van der Waals surface area contributed by atoms with E-state index in [-0.39, 0.29) is 5.97 Å². The summed E-state index contributed by atoms with van der Waals surface area (Å²) in [6, 6.07) is 3.80. The van der Waals surface area contributed by atoms with Gasteiger partial charge in [0.05, 0.1) is 0 Å². The number of carbonyl (C=O) groups is 1. The minimum atomic E-state index is -0.163. The van der Waals surface area contributed by atoms with Crippen molar-refractivity contribution in [3.05, 3.63) is 45.4 Å². The highest BCUT2D eigenvalue weighted by Crippen LogP contribution is 2.37. The Morgan fingerprint density at radius 2 is 2.06 bits per heavy atom. The molecule has 1 aliphatic heterocycles. The molecule has 1 aliphatic carbocycles. The highest BCUT2D eigenvalue weighted by molar-refractivity contribution is 9.10. The van der Waals surface area contributed by atoms with Gasteiger partial charge in [-0.1, -0.05) is 0 Å². The van der Waals surface area contributed by atoms with E-state index >= 15 is 0 Å². The predicted octanol–water partition coefficient (Wildman–Crippen LogP) is 3.61. The monoisotopic (exact) mass is 305 g/mol. The van der Waals surface area contributed by atoms with Crippen molar-refractivity contribution in [2.45, 2.75) is 25.7 Å². The van der Waals surface area contributed by atoms with Gasteiger partial charge >= 0.3 is 5.97 Å². The smallest absolute Gasteiger partial charge is 0.339 e. The molecule has 2 aliphatic rings. The predicted molar refractivity (Wildman–Crippen MR) is 71.5 cm³/mol. The Bertz CT molecular complexity index is 575. The number of allylic oxidation sites excluding steroid dienone is 1. The van der Waals surface area contributed by atoms with Gasteiger partial charge in [0.1, 0.15) is 10.4 Å². The summed E-state index contributed by atoms with van der Waals surface area (Å²) in [5.74, 6) is 0.553. The first-order valence-corrected chi connectivity index (χ1v) is 6.81. The lowest BCUT2D eigenvalue weighted by Crippen LogP contribution is -2.01. The van der Waals surface area contributed by atoms with Crippen molar-refractivity contribution in [2.24, 2.45) is 0 Å². The van der Waals surface area contributed by atoms with Crippen LogP contribution in [0.3, 0.4) is 0 Å². The number of hydrogen-bond acceptors (Lipinski definition) is 3. The molecule has 2 heterocycles. The van der Waals surface area contributed by atoms with E-state index in [0.29, 0.717) is 5.76 Å². The van der Waals surface area contributed by atoms with E-state index < -0.39 is 0 Å². The summed E-state index contributed by atoms with van der Waals surface area (Å²) in [5.41, 5.74) is 2.96. The maximum atomic E-state index is 11.7. The number of halogens is 1. The van der Waals surface area contributed by atoms with Crippen molar-refractivity contribution in [2.75, 3.05) is 0 Å². The maximum Gasteiger partial charge on any atom is 0.339 e. The molecule has 3 nitrogen and oxygen atoms in total. The zero-order valence-electron chi connectivity index (χ0n) is 9.78. The van der Waals surface area contributed by atoms with Crippen LogP contribution in [0.4, 0.5) is 0 Å². The molecular formula is C14H12BrNO2. The number of carbonyl (C=O) groups excluding carboxylic acids is 1. The van der Waals surface area contributed by atoms with Crippen LogP contribution in [0.5, 0.6) is 0 Å². The Morgan fingerprint density at radius 1 is 1.28 bits per heavy atom. The summed E-state index contributed by atoms with van der Waals surface area (Å²) >= 11 is 3.33. The lowest BCUT2D eigenvalue weighted by atomic mass is 9.92. The highest BCUT2D eigenvalue weighted by atomic mass is 79.9. The van der Waals surface area contributed by atoms with E-state index in [0.717, 1.165) is 47.0 Å². The van der Waals surface area contributed by atoms with Crippen molar-refractivity contribution >= 4 is 28.0 Å². The zero-order valence-corrected chi connectivity index (χ0v) is 11.4. The number of ether oxygens (including phenoxy) is 1. The topological polar surface area (TPSA) is 39.2 Å². The lowest BCUT2D eigenvalue weighted by Gasteiger charge is -2.10. The molecule has 0 spiro atoms. The van der Waals surface area contributed by atoms with Gasteiger partial charge in [-0.25, -0.2) is 9.78 Å². The van der Waals surface area contributed by atoms with Gasteiger partial charge in [-0.2, -0.15) is 0 Å². The molecule has 0 amide bonds. The summed E-state index contributed by atoms with van der Waals surface area (Å²) < 4.78 is 6.14. The van der Waals surface area contributed by atoms with Crippen LogP contribution in [0.2, 0.25) is 0 Å². The van der Waals surface area contributed by atoms with E-state index in [1.54, 1.807) is 6.20 Å². The van der Waals surface area contributed by atoms with Crippen LogP contribution in [0.25, 0.3) is 6.08 Å². The van der Waals surface area contributed by atoms with Crippen LogP contribution in [0, 0.1) is 0 Å². The molecule has 0 N–H and O–H groups in total. The highest BCUT2D eigenvalue weighted by Gasteiger charge is 2.30. The van der Waals surface area contributed by atoms with E-state index in [9.17, 15) is 4.79 Å². The Kier molecular flexibility index (Phi) is 3.04. The second kappa shape index (κ2) is 4.69. The van der Waals surface area contributed by atoms with Gasteiger partial charge in [0, 0.05) is 17.3 Å². The molecule has 0 saturated carbocycles. The van der Waals surface area contributed by atoms with Gasteiger partial charge in [-0.3, -0.25) is 0 Å². The lowest BCUT2D eigenvalue weighted by molar-refractivity contribution is -0.133. The van der Waals surface area contributed by atoms with Gasteiger partial charge in [0.25, 0.3) is 0 Å². The van der Waals surface area contributed by atoms with Crippen LogP contribution in [-0.4, -0.2) is 11.0 Å². The number of nitrogens with zero attached hydrogens (tertiary/aromatic N) is 1. The summed E-state index contributed by atoms with van der Waals surface area (Å²) in [6.45, 7) is 0. The molecule has 0 atom stereocenters. The number of rotatable bonds is 1. The first-order chi connectivity index (χ1) is 8.74. The number of cyclic esters (lactones) is 1. The SMILES string of the molecule is O=C1O/C(=C\c2ccnc(Br)c2)C2=C1CCCC2. The maximum absolute atomic E-state index is 11.7. The third-order valence-corrected chi connectivity index (χ3v) is 3.70. The second-order valence-corrected chi connectivity index (χ2v) is 5.29. The van der Waals surface area contributed by atoms with Crippen molar-refractivity contribution in [1.82, 2.24) is 4.98 Å². The summed E-state index contributed by atoms with van der Waals surface area (Å²) in [4.78, 5) is 15.8. The van der Waals surface area contributed by atoms with Crippen molar-refractivity contribution in [3.63, 3.8) is 0 Å². The van der Waals surface area contributed by atoms with Crippen molar-refractivity contribution < 1.29 is 9.53 Å². The third-order valence-electron chi connectivity index (χ3n) is 3.26. The van der Waals surface area contributed by atoms with E-state index in [1.807, 2.05) is 18.2 Å². The molecule has 0 radical (unpaired) electrons. The van der Waals surface area contributed by atoms with Gasteiger partial charge in [0.2, 0.25) is 0 Å². The first kappa shape index (κ1) is 11.7. The average molecular weight is 306 g/mol. The standard InChI is InChI=1S/C14H12BrNO2/c15-13-8-9(5-6-16-13)7-12-10-3-1-2-4-11(10)14(17)18-12/h5-8H,1-4H2/b12-7-. The van der Waals surface area contributed by atoms with Gasteiger partial charge in [0.15, 0.2) is 0 Å². The molecular weight excluding hydrogens is 294 g/mol. The Morgan fingerprint density at radius 3 is 2.83 bits per heavy atom. The molecule has 0 unspecified atom stereocenters. The Hall–Kier alpha value is -1.42. The summed E-state index contributed by atoms with van der Waals surface area (Å²) in [6.07, 6.45) is 7.65. The van der Waals surface area contributed by atoms with Crippen molar-refractivity contribution in [1.29, 1.82) is 0 Å². The van der Waals surface area contributed by atoms with Crippen molar-refractivity contribution in [3.8, 4) is 0 Å². The van der Waals surface area contributed by atoms with E-state index in [1.165, 1.54) is 0 Å². The minimum absolute atomic E-state index is 0.163. The molecule has 18 heavy (non-hydrogen) atoms. The summed E-state index contributed by atoms with van der Waals surface area (Å²) in [7, 11) is 0. The fourth-order valence-electron chi connectivity index (χ4n) is 2.40. The number of aromatic nitrogens is 1.